The van der Waals surface area contributed by atoms with Gasteiger partial charge in [0.2, 0.25) is 5.91 Å². The third kappa shape index (κ3) is 4.95. The predicted octanol–water partition coefficient (Wildman–Crippen LogP) is 1.49. The van der Waals surface area contributed by atoms with Crippen LogP contribution in [-0.2, 0) is 11.2 Å². The number of aliphatic hydroxyl groups excluding tert-OH is 1. The Hall–Kier alpha value is -0.870. The van der Waals surface area contributed by atoms with Gasteiger partial charge in [0.1, 0.15) is 0 Å². The van der Waals surface area contributed by atoms with E-state index in [1.54, 1.807) is 6.92 Å². The number of nitrogens with one attached hydrogen (secondary N) is 1. The lowest BCUT2D eigenvalue weighted by Crippen LogP contribution is -2.31. The van der Waals surface area contributed by atoms with E-state index >= 15 is 0 Å². The molecule has 0 aliphatic rings. The lowest BCUT2D eigenvalue weighted by molar-refractivity contribution is -0.120. The van der Waals surface area contributed by atoms with Crippen LogP contribution < -0.4 is 5.32 Å². The minimum Gasteiger partial charge on any atom is -0.392 e. The topological polar surface area (TPSA) is 49.3 Å². The third-order valence-electron chi connectivity index (χ3n) is 1.87. The summed E-state index contributed by atoms with van der Waals surface area (Å²) in [5, 5.41) is 11.6. The summed E-state index contributed by atoms with van der Waals surface area (Å²) < 4.78 is 0.996. The molecule has 0 radical (unpaired) electrons. The summed E-state index contributed by atoms with van der Waals surface area (Å²) >= 11 is 3.33. The first-order chi connectivity index (χ1) is 7.08. The number of benzene rings is 1. The first-order valence-electron chi connectivity index (χ1n) is 4.77. The lowest BCUT2D eigenvalue weighted by Gasteiger charge is -2.06. The Balaban J connectivity index is 2.41. The highest BCUT2D eigenvalue weighted by atomic mass is 79.9. The average Bonchev–Trinajstić information content (AvgIpc) is 2.19. The maximum Gasteiger partial charge on any atom is 0.224 e. The molecule has 0 bridgehead atoms. The molecule has 1 rings (SSSR count). The SMILES string of the molecule is C[C@H](O)CNC(=O)Cc1ccc(Br)cc1. The first kappa shape index (κ1) is 12.2. The molecule has 0 aliphatic heterocycles. The quantitative estimate of drug-likeness (QED) is 0.872. The molecule has 15 heavy (non-hydrogen) atoms. The van der Waals surface area contributed by atoms with E-state index in [1.807, 2.05) is 24.3 Å². The summed E-state index contributed by atoms with van der Waals surface area (Å²) in [6.07, 6.45) is -0.154. The summed E-state index contributed by atoms with van der Waals surface area (Å²) in [6, 6.07) is 7.59. The van der Waals surface area contributed by atoms with Crippen LogP contribution in [0.25, 0.3) is 0 Å². The Kier molecular flexibility index (Phi) is 4.78. The molecule has 4 heteroatoms. The van der Waals surface area contributed by atoms with Crippen LogP contribution in [0, 0.1) is 0 Å². The number of hydrogen-bond donors (Lipinski definition) is 2. The number of amides is 1. The summed E-state index contributed by atoms with van der Waals surface area (Å²) in [5.41, 5.74) is 0.960. The van der Waals surface area contributed by atoms with Gasteiger partial charge in [0.25, 0.3) is 0 Å². The van der Waals surface area contributed by atoms with E-state index in [2.05, 4.69) is 21.2 Å². The normalized spacial score (nSPS) is 12.2. The van der Waals surface area contributed by atoms with Gasteiger partial charge in [-0.05, 0) is 24.6 Å². The Morgan fingerprint density at radius 1 is 1.47 bits per heavy atom. The van der Waals surface area contributed by atoms with Gasteiger partial charge in [0, 0.05) is 11.0 Å². The van der Waals surface area contributed by atoms with Crippen LogP contribution in [0.1, 0.15) is 12.5 Å². The van der Waals surface area contributed by atoms with Gasteiger partial charge < -0.3 is 10.4 Å². The van der Waals surface area contributed by atoms with E-state index < -0.39 is 6.10 Å². The number of carbonyl (C=O) groups excluding carboxylic acids is 1. The summed E-state index contributed by atoms with van der Waals surface area (Å²) in [7, 11) is 0. The van der Waals surface area contributed by atoms with Gasteiger partial charge in [-0.2, -0.15) is 0 Å². The summed E-state index contributed by atoms with van der Waals surface area (Å²) in [5.74, 6) is -0.0711. The fraction of sp³-hybridized carbons (Fsp3) is 0.364. The molecule has 0 saturated carbocycles. The molecule has 82 valence electrons. The standard InChI is InChI=1S/C11H14BrNO2/c1-8(14)7-13-11(15)6-9-2-4-10(12)5-3-9/h2-5,8,14H,6-7H2,1H3,(H,13,15)/t8-/m0/s1. The molecule has 0 aliphatic carbocycles. The van der Waals surface area contributed by atoms with E-state index in [9.17, 15) is 4.79 Å². The van der Waals surface area contributed by atoms with Gasteiger partial charge in [0.15, 0.2) is 0 Å². The molecule has 2 N–H and O–H groups in total. The zero-order valence-corrected chi connectivity index (χ0v) is 10.1. The van der Waals surface area contributed by atoms with Crippen LogP contribution >= 0.6 is 15.9 Å². The van der Waals surface area contributed by atoms with Crippen LogP contribution in [0.4, 0.5) is 0 Å². The van der Waals surface area contributed by atoms with Crippen LogP contribution in [0.15, 0.2) is 28.7 Å². The highest BCUT2D eigenvalue weighted by Gasteiger charge is 2.04. The van der Waals surface area contributed by atoms with Crippen molar-refractivity contribution in [3.63, 3.8) is 0 Å². The Morgan fingerprint density at radius 3 is 2.60 bits per heavy atom. The maximum atomic E-state index is 11.4. The number of carbonyl (C=O) groups is 1. The lowest BCUT2D eigenvalue weighted by atomic mass is 10.1. The van der Waals surface area contributed by atoms with E-state index in [4.69, 9.17) is 5.11 Å². The zero-order chi connectivity index (χ0) is 11.3. The van der Waals surface area contributed by atoms with E-state index in [0.717, 1.165) is 10.0 Å². The highest BCUT2D eigenvalue weighted by Crippen LogP contribution is 2.10. The minimum absolute atomic E-state index is 0.0711. The maximum absolute atomic E-state index is 11.4. The van der Waals surface area contributed by atoms with Crippen LogP contribution in [0.2, 0.25) is 0 Å². The van der Waals surface area contributed by atoms with Crippen molar-refractivity contribution in [2.75, 3.05) is 6.54 Å². The third-order valence-corrected chi connectivity index (χ3v) is 2.40. The van der Waals surface area contributed by atoms with Crippen molar-refractivity contribution in [1.82, 2.24) is 5.32 Å². The fourth-order valence-electron chi connectivity index (χ4n) is 1.11. The molecule has 3 nitrogen and oxygen atoms in total. The monoisotopic (exact) mass is 271 g/mol. The van der Waals surface area contributed by atoms with E-state index in [1.165, 1.54) is 0 Å². The van der Waals surface area contributed by atoms with E-state index in [-0.39, 0.29) is 5.91 Å². The fourth-order valence-corrected chi connectivity index (χ4v) is 1.38. The van der Waals surface area contributed by atoms with Crippen molar-refractivity contribution in [3.05, 3.63) is 34.3 Å². The molecule has 1 aromatic rings. The molecule has 0 saturated heterocycles. The molecule has 1 aromatic carbocycles. The van der Waals surface area contributed by atoms with Crippen molar-refractivity contribution in [2.24, 2.45) is 0 Å². The summed E-state index contributed by atoms with van der Waals surface area (Å²) in [4.78, 5) is 11.4. The van der Waals surface area contributed by atoms with Crippen LogP contribution in [0.5, 0.6) is 0 Å². The second-order valence-corrected chi connectivity index (χ2v) is 4.37. The van der Waals surface area contributed by atoms with Crippen molar-refractivity contribution in [3.8, 4) is 0 Å². The second-order valence-electron chi connectivity index (χ2n) is 3.46. The van der Waals surface area contributed by atoms with E-state index in [0.29, 0.717) is 13.0 Å². The summed E-state index contributed by atoms with van der Waals surface area (Å²) in [6.45, 7) is 1.94. The van der Waals surface area contributed by atoms with Crippen LogP contribution in [-0.4, -0.2) is 23.7 Å². The van der Waals surface area contributed by atoms with Gasteiger partial charge in [-0.25, -0.2) is 0 Å². The first-order valence-corrected chi connectivity index (χ1v) is 5.56. The molecule has 0 spiro atoms. The molecule has 0 heterocycles. The largest absolute Gasteiger partial charge is 0.392 e. The van der Waals surface area contributed by atoms with Crippen molar-refractivity contribution < 1.29 is 9.90 Å². The number of aliphatic hydroxyl groups is 1. The average molecular weight is 272 g/mol. The van der Waals surface area contributed by atoms with Crippen molar-refractivity contribution >= 4 is 21.8 Å². The Morgan fingerprint density at radius 2 is 2.07 bits per heavy atom. The van der Waals surface area contributed by atoms with Gasteiger partial charge >= 0.3 is 0 Å². The Labute approximate surface area is 97.6 Å². The number of rotatable bonds is 4. The Bertz CT molecular complexity index is 322. The minimum atomic E-state index is -0.501. The molecule has 0 fully saturated rings. The molecule has 1 atom stereocenters. The van der Waals surface area contributed by atoms with Crippen LogP contribution in [0.3, 0.4) is 0 Å². The smallest absolute Gasteiger partial charge is 0.224 e. The van der Waals surface area contributed by atoms with Gasteiger partial charge in [-0.15, -0.1) is 0 Å². The highest BCUT2D eigenvalue weighted by molar-refractivity contribution is 9.10. The molecular formula is C11H14BrNO2. The van der Waals surface area contributed by atoms with Crippen molar-refractivity contribution in [2.45, 2.75) is 19.4 Å². The van der Waals surface area contributed by atoms with Gasteiger partial charge in [-0.1, -0.05) is 28.1 Å². The molecular weight excluding hydrogens is 258 g/mol. The number of hydrogen-bond acceptors (Lipinski definition) is 2. The molecule has 0 aromatic heterocycles. The molecule has 0 unspecified atom stereocenters. The van der Waals surface area contributed by atoms with Gasteiger partial charge in [0.05, 0.1) is 12.5 Å². The second kappa shape index (κ2) is 5.88. The number of halogens is 1. The zero-order valence-electron chi connectivity index (χ0n) is 8.53. The molecule has 1 amide bonds. The predicted molar refractivity (Wildman–Crippen MR) is 62.5 cm³/mol. The van der Waals surface area contributed by atoms with Crippen molar-refractivity contribution in [1.29, 1.82) is 0 Å². The van der Waals surface area contributed by atoms with Gasteiger partial charge in [-0.3, -0.25) is 4.79 Å².